The summed E-state index contributed by atoms with van der Waals surface area (Å²) in [5.74, 6) is 1.55. The van der Waals surface area contributed by atoms with Crippen molar-refractivity contribution in [1.29, 1.82) is 5.26 Å². The van der Waals surface area contributed by atoms with E-state index in [1.165, 1.54) is 5.56 Å². The second kappa shape index (κ2) is 10.4. The van der Waals surface area contributed by atoms with Gasteiger partial charge in [-0.1, -0.05) is 12.1 Å². The number of aryl methyl sites for hydroxylation is 1. The Kier molecular flexibility index (Phi) is 6.91. The number of aromatic amines is 1. The van der Waals surface area contributed by atoms with Crippen LogP contribution < -0.4 is 9.30 Å². The third-order valence-electron chi connectivity index (χ3n) is 7.39. The number of pyridine rings is 1. The number of ether oxygens (including phenoxy) is 1. The number of carboxylic acids is 1. The van der Waals surface area contributed by atoms with Gasteiger partial charge in [-0.25, -0.2) is 9.55 Å². The standard InChI is InChI=1S/C30H30N4O3/c1-3-37-28-16-27(23-11-9-22(10-12-23)21-7-4-19(5-8-21)15-29(35)36)34(2)18-24(28)30-32-25-13-6-20(17-31)14-26(25)33-30/h6,9-14,16,18-19,21H,3-5,7-8,15H2,1-2H3,(H-,32,33,35,36)/p+1. The van der Waals surface area contributed by atoms with Gasteiger partial charge in [-0.05, 0) is 80.3 Å². The molecule has 0 aliphatic heterocycles. The van der Waals surface area contributed by atoms with Crippen LogP contribution in [-0.2, 0) is 11.8 Å². The minimum Gasteiger partial charge on any atom is -0.493 e. The number of nitrogens with one attached hydrogen (secondary N) is 1. The van der Waals surface area contributed by atoms with Crippen molar-refractivity contribution in [2.45, 2.75) is 44.9 Å². The second-order valence-electron chi connectivity index (χ2n) is 9.85. The van der Waals surface area contributed by atoms with Gasteiger partial charge in [-0.15, -0.1) is 0 Å². The van der Waals surface area contributed by atoms with Crippen molar-refractivity contribution < 1.29 is 19.2 Å². The number of carbonyl (C=O) groups is 1. The molecule has 7 nitrogen and oxygen atoms in total. The SMILES string of the molecule is CCOc1cc(-c2ccc(C3CCC(CC(=O)O)CC3)cc2)[n+](C)cc1-c1nc2ccc(C#N)cc2[nH]1. The smallest absolute Gasteiger partial charge is 0.303 e. The third kappa shape index (κ3) is 5.19. The molecule has 2 heterocycles. The van der Waals surface area contributed by atoms with Crippen LogP contribution in [0.15, 0.2) is 54.7 Å². The van der Waals surface area contributed by atoms with Crippen LogP contribution in [0.1, 0.15) is 56.1 Å². The highest BCUT2D eigenvalue weighted by atomic mass is 16.5. The summed E-state index contributed by atoms with van der Waals surface area (Å²) in [6, 6.07) is 18.4. The lowest BCUT2D eigenvalue weighted by Gasteiger charge is -2.28. The molecule has 188 valence electrons. The first-order valence-corrected chi connectivity index (χ1v) is 12.8. The second-order valence-corrected chi connectivity index (χ2v) is 9.85. The molecule has 2 N–H and O–H groups in total. The highest BCUT2D eigenvalue weighted by molar-refractivity contribution is 5.82. The molecule has 0 bridgehead atoms. The Labute approximate surface area is 216 Å². The Bertz CT molecular complexity index is 1480. The molecule has 2 aromatic heterocycles. The van der Waals surface area contributed by atoms with E-state index in [0.29, 0.717) is 29.8 Å². The Balaban J connectivity index is 1.41. The first kappa shape index (κ1) is 24.5. The van der Waals surface area contributed by atoms with Crippen molar-refractivity contribution in [2.75, 3.05) is 6.61 Å². The average Bonchev–Trinajstić information content (AvgIpc) is 3.33. The summed E-state index contributed by atoms with van der Waals surface area (Å²) < 4.78 is 8.12. The summed E-state index contributed by atoms with van der Waals surface area (Å²) in [7, 11) is 2.02. The van der Waals surface area contributed by atoms with Gasteiger partial charge in [0.25, 0.3) is 0 Å². The lowest BCUT2D eigenvalue weighted by Crippen LogP contribution is -2.31. The van der Waals surface area contributed by atoms with E-state index in [1.54, 1.807) is 12.1 Å². The van der Waals surface area contributed by atoms with Crippen LogP contribution in [0.3, 0.4) is 0 Å². The number of rotatable bonds is 7. The number of fused-ring (bicyclic) bond motifs is 1. The summed E-state index contributed by atoms with van der Waals surface area (Å²) in [6.45, 7) is 2.50. The van der Waals surface area contributed by atoms with E-state index >= 15 is 0 Å². The Morgan fingerprint density at radius 3 is 2.59 bits per heavy atom. The number of carboxylic acid groups (broad SMARTS) is 1. The molecule has 2 aromatic carbocycles. The van der Waals surface area contributed by atoms with Crippen molar-refractivity contribution in [3.8, 4) is 34.5 Å². The number of imidazole rings is 1. The van der Waals surface area contributed by atoms with Gasteiger partial charge in [-0.2, -0.15) is 5.26 Å². The molecule has 37 heavy (non-hydrogen) atoms. The fourth-order valence-electron chi connectivity index (χ4n) is 5.45. The minimum atomic E-state index is -0.688. The molecule has 4 aromatic rings. The van der Waals surface area contributed by atoms with E-state index in [-0.39, 0.29) is 6.42 Å². The van der Waals surface area contributed by atoms with Crippen LogP contribution >= 0.6 is 0 Å². The molecule has 1 saturated carbocycles. The molecule has 0 spiro atoms. The number of aliphatic carboxylic acids is 1. The minimum absolute atomic E-state index is 0.287. The molecular formula is C30H31N4O3+. The highest BCUT2D eigenvalue weighted by Crippen LogP contribution is 2.38. The van der Waals surface area contributed by atoms with Crippen LogP contribution in [0.2, 0.25) is 0 Å². The van der Waals surface area contributed by atoms with Crippen molar-refractivity contribution >= 4 is 17.0 Å². The predicted molar refractivity (Wildman–Crippen MR) is 141 cm³/mol. The number of hydrogen-bond donors (Lipinski definition) is 2. The van der Waals surface area contributed by atoms with Gasteiger partial charge in [0, 0.05) is 12.0 Å². The number of H-pyrrole nitrogens is 1. The van der Waals surface area contributed by atoms with Gasteiger partial charge in [0.1, 0.15) is 24.2 Å². The van der Waals surface area contributed by atoms with Crippen LogP contribution in [0.4, 0.5) is 0 Å². The van der Waals surface area contributed by atoms with Crippen LogP contribution in [0.25, 0.3) is 33.7 Å². The zero-order valence-corrected chi connectivity index (χ0v) is 21.2. The summed E-state index contributed by atoms with van der Waals surface area (Å²) in [4.78, 5) is 19.1. The third-order valence-corrected chi connectivity index (χ3v) is 7.39. The fraction of sp³-hybridized carbons (Fsp3) is 0.333. The first-order valence-electron chi connectivity index (χ1n) is 12.8. The average molecular weight is 496 g/mol. The summed E-state index contributed by atoms with van der Waals surface area (Å²) in [6.07, 6.45) is 6.36. The monoisotopic (exact) mass is 495 g/mol. The molecule has 0 atom stereocenters. The van der Waals surface area contributed by atoms with Gasteiger partial charge >= 0.3 is 5.97 Å². The van der Waals surface area contributed by atoms with Gasteiger partial charge < -0.3 is 14.8 Å². The van der Waals surface area contributed by atoms with Gasteiger partial charge in [0.15, 0.2) is 6.20 Å². The molecule has 0 unspecified atom stereocenters. The quantitative estimate of drug-likeness (QED) is 0.318. The largest absolute Gasteiger partial charge is 0.493 e. The van der Waals surface area contributed by atoms with E-state index in [4.69, 9.17) is 14.8 Å². The Morgan fingerprint density at radius 2 is 1.92 bits per heavy atom. The van der Waals surface area contributed by atoms with Crippen LogP contribution in [-0.4, -0.2) is 27.7 Å². The van der Waals surface area contributed by atoms with E-state index < -0.39 is 5.97 Å². The number of nitriles is 1. The van der Waals surface area contributed by atoms with Crippen molar-refractivity contribution in [3.63, 3.8) is 0 Å². The Hall–Kier alpha value is -4.18. The molecule has 1 aliphatic rings. The summed E-state index contributed by atoms with van der Waals surface area (Å²) in [5, 5.41) is 18.3. The molecule has 0 amide bonds. The highest BCUT2D eigenvalue weighted by Gasteiger charge is 2.25. The molecular weight excluding hydrogens is 464 g/mol. The van der Waals surface area contributed by atoms with Gasteiger partial charge in [0.2, 0.25) is 5.69 Å². The zero-order chi connectivity index (χ0) is 25.9. The molecule has 7 heteroatoms. The number of benzene rings is 2. The van der Waals surface area contributed by atoms with Crippen LogP contribution in [0, 0.1) is 17.2 Å². The van der Waals surface area contributed by atoms with E-state index in [2.05, 4.69) is 46.0 Å². The van der Waals surface area contributed by atoms with E-state index in [0.717, 1.165) is 59.3 Å². The maximum absolute atomic E-state index is 11.0. The normalized spacial score (nSPS) is 17.4. The Morgan fingerprint density at radius 1 is 1.16 bits per heavy atom. The van der Waals surface area contributed by atoms with Gasteiger partial charge in [0.05, 0.1) is 35.3 Å². The maximum atomic E-state index is 11.0. The molecule has 1 aliphatic carbocycles. The number of nitrogens with zero attached hydrogens (tertiary/aromatic N) is 3. The zero-order valence-electron chi connectivity index (χ0n) is 21.2. The van der Waals surface area contributed by atoms with E-state index in [9.17, 15) is 10.1 Å². The van der Waals surface area contributed by atoms with Gasteiger partial charge in [-0.3, -0.25) is 4.79 Å². The molecule has 1 fully saturated rings. The van der Waals surface area contributed by atoms with Crippen molar-refractivity contribution in [2.24, 2.45) is 13.0 Å². The molecule has 5 rings (SSSR count). The molecule has 0 radical (unpaired) electrons. The number of hydrogen-bond acceptors (Lipinski definition) is 4. The maximum Gasteiger partial charge on any atom is 0.303 e. The summed E-state index contributed by atoms with van der Waals surface area (Å²) in [5.41, 5.74) is 6.52. The van der Waals surface area contributed by atoms with Crippen LogP contribution in [0.5, 0.6) is 5.75 Å². The fourth-order valence-corrected chi connectivity index (χ4v) is 5.45. The lowest BCUT2D eigenvalue weighted by atomic mass is 9.77. The topological polar surface area (TPSA) is 103 Å². The lowest BCUT2D eigenvalue weighted by molar-refractivity contribution is -0.660. The number of aromatic nitrogens is 3. The predicted octanol–water partition coefficient (Wildman–Crippen LogP) is 5.74. The summed E-state index contributed by atoms with van der Waals surface area (Å²) >= 11 is 0. The van der Waals surface area contributed by atoms with Crippen molar-refractivity contribution in [1.82, 2.24) is 9.97 Å². The van der Waals surface area contributed by atoms with Crippen molar-refractivity contribution in [3.05, 3.63) is 65.9 Å². The first-order chi connectivity index (χ1) is 17.9. The molecule has 0 saturated heterocycles. The van der Waals surface area contributed by atoms with E-state index in [1.807, 2.05) is 26.2 Å².